The maximum Gasteiger partial charge on any atom is 0.258 e. The number of aliphatic hydroxyl groups is 1. The average molecular weight is 560 g/mol. The summed E-state index contributed by atoms with van der Waals surface area (Å²) in [6, 6.07) is 11.1. The van der Waals surface area contributed by atoms with Crippen molar-refractivity contribution in [1.29, 1.82) is 0 Å². The number of hydrogen-bond acceptors (Lipinski definition) is 6. The lowest BCUT2D eigenvalue weighted by Crippen LogP contribution is -2.46. The molecule has 204 valence electrons. The zero-order valence-corrected chi connectivity index (χ0v) is 22.9. The average Bonchev–Trinajstić information content (AvgIpc) is 3.54. The predicted molar refractivity (Wildman–Crippen MR) is 144 cm³/mol. The molecule has 4 aliphatic rings. The van der Waals surface area contributed by atoms with Crippen molar-refractivity contribution in [1.82, 2.24) is 4.72 Å². The first-order valence-electron chi connectivity index (χ1n) is 13.1. The highest BCUT2D eigenvalue weighted by atomic mass is 32.2. The number of aliphatic hydroxyl groups excluding tert-OH is 1. The van der Waals surface area contributed by atoms with Crippen LogP contribution in [-0.2, 0) is 25.5 Å². The number of amides is 1. The van der Waals surface area contributed by atoms with E-state index in [9.17, 15) is 26.7 Å². The Kier molecular flexibility index (Phi) is 5.95. The van der Waals surface area contributed by atoms with Gasteiger partial charge in [-0.3, -0.25) is 9.52 Å². The van der Waals surface area contributed by atoms with Crippen molar-refractivity contribution in [3.05, 3.63) is 53.6 Å². The van der Waals surface area contributed by atoms with E-state index in [2.05, 4.69) is 9.44 Å². The molecule has 0 unspecified atom stereocenters. The Hall–Kier alpha value is -2.47. The van der Waals surface area contributed by atoms with Crippen LogP contribution in [0.4, 0.5) is 11.4 Å². The highest BCUT2D eigenvalue weighted by Gasteiger charge is 2.53. The minimum atomic E-state index is -3.84. The molecule has 38 heavy (non-hydrogen) atoms. The van der Waals surface area contributed by atoms with Crippen molar-refractivity contribution >= 4 is 37.3 Å². The van der Waals surface area contributed by atoms with Crippen molar-refractivity contribution in [2.45, 2.75) is 73.8 Å². The Morgan fingerprint density at radius 1 is 0.974 bits per heavy atom. The van der Waals surface area contributed by atoms with E-state index in [-0.39, 0.29) is 27.8 Å². The highest BCUT2D eigenvalue weighted by molar-refractivity contribution is 7.92. The van der Waals surface area contributed by atoms with E-state index < -0.39 is 26.2 Å². The summed E-state index contributed by atoms with van der Waals surface area (Å²) in [4.78, 5) is 15.6. The zero-order chi connectivity index (χ0) is 26.9. The summed E-state index contributed by atoms with van der Waals surface area (Å²) in [7, 11) is -7.29. The van der Waals surface area contributed by atoms with Gasteiger partial charge in [0, 0.05) is 34.9 Å². The van der Waals surface area contributed by atoms with Crippen molar-refractivity contribution in [3.63, 3.8) is 0 Å². The molecule has 3 aliphatic carbocycles. The molecular weight excluding hydrogens is 526 g/mol. The zero-order valence-electron chi connectivity index (χ0n) is 21.3. The summed E-state index contributed by atoms with van der Waals surface area (Å²) in [5, 5.41) is 9.50. The monoisotopic (exact) mass is 559 g/mol. The SMILES string of the molecule is CS(=O)(=O)Nc1ccc2c(c1)C1(CCC3(CC3)CC1)CN2C(=O)c1cccc(S(=O)(=O)NC2CC(O)C2)c1. The first-order valence-corrected chi connectivity index (χ1v) is 16.5. The smallest absolute Gasteiger partial charge is 0.258 e. The van der Waals surface area contributed by atoms with Gasteiger partial charge in [0.2, 0.25) is 20.0 Å². The maximum atomic E-state index is 13.9. The van der Waals surface area contributed by atoms with E-state index in [1.54, 1.807) is 29.2 Å². The molecule has 2 aromatic rings. The Morgan fingerprint density at radius 3 is 2.29 bits per heavy atom. The minimum absolute atomic E-state index is 0.0138. The van der Waals surface area contributed by atoms with Crippen LogP contribution in [0.15, 0.2) is 47.4 Å². The molecule has 1 aliphatic heterocycles. The van der Waals surface area contributed by atoms with Crippen LogP contribution in [0.2, 0.25) is 0 Å². The van der Waals surface area contributed by atoms with E-state index in [1.165, 1.54) is 25.0 Å². The molecular formula is C27H33N3O6S2. The van der Waals surface area contributed by atoms with E-state index >= 15 is 0 Å². The van der Waals surface area contributed by atoms with Gasteiger partial charge in [0.25, 0.3) is 5.91 Å². The van der Waals surface area contributed by atoms with Crippen LogP contribution >= 0.6 is 0 Å². The second-order valence-electron chi connectivity index (χ2n) is 11.7. The van der Waals surface area contributed by atoms with Crippen molar-refractivity contribution in [2.24, 2.45) is 5.41 Å². The summed E-state index contributed by atoms with van der Waals surface area (Å²) in [5.74, 6) is -0.283. The van der Waals surface area contributed by atoms with Crippen LogP contribution < -0.4 is 14.3 Å². The molecule has 0 atom stereocenters. The molecule has 1 heterocycles. The molecule has 0 aromatic heterocycles. The van der Waals surface area contributed by atoms with Gasteiger partial charge in [-0.05, 0) is 98.7 Å². The Morgan fingerprint density at radius 2 is 1.66 bits per heavy atom. The Bertz CT molecular complexity index is 1500. The van der Waals surface area contributed by atoms with Gasteiger partial charge in [0.15, 0.2) is 0 Å². The van der Waals surface area contributed by atoms with Gasteiger partial charge in [-0.2, -0.15) is 0 Å². The van der Waals surface area contributed by atoms with Crippen molar-refractivity contribution in [2.75, 3.05) is 22.4 Å². The molecule has 0 bridgehead atoms. The molecule has 1 amide bonds. The van der Waals surface area contributed by atoms with Gasteiger partial charge >= 0.3 is 0 Å². The molecule has 3 N–H and O–H groups in total. The van der Waals surface area contributed by atoms with Crippen molar-refractivity contribution < 1.29 is 26.7 Å². The lowest BCUT2D eigenvalue weighted by Gasteiger charge is -2.38. The van der Waals surface area contributed by atoms with Gasteiger partial charge in [0.1, 0.15) is 0 Å². The predicted octanol–water partition coefficient (Wildman–Crippen LogP) is 3.11. The van der Waals surface area contributed by atoms with Crippen LogP contribution in [0, 0.1) is 5.41 Å². The first-order chi connectivity index (χ1) is 17.9. The van der Waals surface area contributed by atoms with Gasteiger partial charge in [-0.25, -0.2) is 21.6 Å². The quantitative estimate of drug-likeness (QED) is 0.498. The summed E-state index contributed by atoms with van der Waals surface area (Å²) in [5.41, 5.74) is 2.66. The number of rotatable bonds is 6. The highest BCUT2D eigenvalue weighted by Crippen LogP contribution is 2.62. The standard InChI is InChI=1S/C27H33N3O6S2/c1-37(33,34)28-19-5-6-24-23(16-19)27(11-9-26(7-8-26)10-12-27)17-30(24)25(32)18-3-2-4-22(13-18)38(35,36)29-20-14-21(31)15-20/h2-6,13,16,20-21,28-29,31H,7-12,14-15,17H2,1H3. The second kappa shape index (κ2) is 8.77. The summed E-state index contributed by atoms with van der Waals surface area (Å²) in [6.45, 7) is 0.481. The minimum Gasteiger partial charge on any atom is -0.393 e. The van der Waals surface area contributed by atoms with Crippen LogP contribution in [0.5, 0.6) is 0 Å². The summed E-state index contributed by atoms with van der Waals surface area (Å²) < 4.78 is 54.8. The van der Waals surface area contributed by atoms with Gasteiger partial charge in [0.05, 0.1) is 17.3 Å². The fourth-order valence-corrected chi connectivity index (χ4v) is 8.28. The molecule has 2 spiro atoms. The first kappa shape index (κ1) is 25.8. The Balaban J connectivity index is 1.31. The van der Waals surface area contributed by atoms with Gasteiger partial charge in [-0.1, -0.05) is 6.07 Å². The van der Waals surface area contributed by atoms with E-state index in [0.29, 0.717) is 30.5 Å². The number of anilines is 2. The molecule has 0 saturated heterocycles. The van der Waals surface area contributed by atoms with Crippen LogP contribution in [0.1, 0.15) is 67.3 Å². The van der Waals surface area contributed by atoms with Crippen molar-refractivity contribution in [3.8, 4) is 0 Å². The molecule has 2 aromatic carbocycles. The molecule has 3 fully saturated rings. The van der Waals surface area contributed by atoms with E-state index in [1.807, 2.05) is 6.07 Å². The number of nitrogens with one attached hydrogen (secondary N) is 2. The summed E-state index contributed by atoms with van der Waals surface area (Å²) in [6.07, 6.45) is 7.93. The summed E-state index contributed by atoms with van der Waals surface area (Å²) >= 11 is 0. The maximum absolute atomic E-state index is 13.9. The lowest BCUT2D eigenvalue weighted by molar-refractivity contribution is 0.0712. The largest absolute Gasteiger partial charge is 0.393 e. The van der Waals surface area contributed by atoms with Gasteiger partial charge in [-0.15, -0.1) is 0 Å². The number of benzene rings is 2. The lowest BCUT2D eigenvalue weighted by atomic mass is 9.66. The van der Waals surface area contributed by atoms with Crippen LogP contribution in [0.25, 0.3) is 0 Å². The van der Waals surface area contributed by atoms with Crippen LogP contribution in [-0.4, -0.2) is 52.8 Å². The number of hydrogen-bond donors (Lipinski definition) is 3. The fourth-order valence-electron chi connectivity index (χ4n) is 6.41. The number of nitrogens with zero attached hydrogens (tertiary/aromatic N) is 1. The van der Waals surface area contributed by atoms with E-state index in [0.717, 1.165) is 43.2 Å². The second-order valence-corrected chi connectivity index (χ2v) is 15.2. The number of carbonyl (C=O) groups is 1. The molecule has 6 rings (SSSR count). The normalized spacial score (nSPS) is 25.2. The third kappa shape index (κ3) is 4.74. The number of carbonyl (C=O) groups excluding carboxylic acids is 1. The number of fused-ring (bicyclic) bond motifs is 2. The third-order valence-corrected chi connectivity index (χ3v) is 11.0. The van der Waals surface area contributed by atoms with Crippen LogP contribution in [0.3, 0.4) is 0 Å². The molecule has 3 saturated carbocycles. The molecule has 0 radical (unpaired) electrons. The fraction of sp³-hybridized carbons (Fsp3) is 0.519. The van der Waals surface area contributed by atoms with E-state index in [4.69, 9.17) is 0 Å². The Labute approximate surface area is 223 Å². The molecule has 11 heteroatoms. The molecule has 9 nitrogen and oxygen atoms in total. The van der Waals surface area contributed by atoms with Gasteiger partial charge < -0.3 is 10.0 Å². The topological polar surface area (TPSA) is 133 Å². The number of sulfonamides is 2. The third-order valence-electron chi connectivity index (χ3n) is 8.92.